The normalized spacial score (nSPS) is 10.2. The summed E-state index contributed by atoms with van der Waals surface area (Å²) in [6, 6.07) is 12.9. The van der Waals surface area contributed by atoms with Crippen molar-refractivity contribution in [2.75, 3.05) is 5.43 Å². The highest BCUT2D eigenvalue weighted by Crippen LogP contribution is 2.34. The van der Waals surface area contributed by atoms with Crippen LogP contribution in [0.2, 0.25) is 5.02 Å². The van der Waals surface area contributed by atoms with E-state index in [1.165, 1.54) is 6.07 Å². The molecule has 0 aliphatic carbocycles. The molecule has 1 aromatic heterocycles. The van der Waals surface area contributed by atoms with Gasteiger partial charge in [-0.25, -0.2) is 4.98 Å². The Bertz CT molecular complexity index is 1030. The second kappa shape index (κ2) is 8.63. The molecule has 3 rings (SSSR count). The van der Waals surface area contributed by atoms with Crippen LogP contribution in [0.15, 0.2) is 59.3 Å². The molecule has 0 atom stereocenters. The number of amides is 1. The molecule has 0 aliphatic rings. The van der Waals surface area contributed by atoms with Gasteiger partial charge in [0, 0.05) is 15.1 Å². The predicted molar refractivity (Wildman–Crippen MR) is 105 cm³/mol. The van der Waals surface area contributed by atoms with Crippen LogP contribution >= 0.6 is 27.5 Å². The molecule has 2 aromatic carbocycles. The Morgan fingerprint density at radius 3 is 2.61 bits per heavy atom. The van der Waals surface area contributed by atoms with Crippen molar-refractivity contribution in [2.45, 2.75) is 0 Å². The summed E-state index contributed by atoms with van der Waals surface area (Å²) in [5.74, 6) is -0.714. The van der Waals surface area contributed by atoms with Gasteiger partial charge in [-0.15, -0.1) is 0 Å². The second-order valence-electron chi connectivity index (χ2n) is 5.28. The molecule has 0 saturated heterocycles. The zero-order chi connectivity index (χ0) is 20.1. The molecule has 142 valence electrons. The highest BCUT2D eigenvalue weighted by Gasteiger charge is 2.25. The number of rotatable bonds is 6. The summed E-state index contributed by atoms with van der Waals surface area (Å²) in [7, 11) is 0. The molecule has 28 heavy (non-hydrogen) atoms. The molecule has 0 unspecified atom stereocenters. The minimum atomic E-state index is -0.706. The first-order chi connectivity index (χ1) is 13.4. The lowest BCUT2D eigenvalue weighted by molar-refractivity contribution is -0.385. The van der Waals surface area contributed by atoms with Crippen LogP contribution in [0.25, 0.3) is 0 Å². The summed E-state index contributed by atoms with van der Waals surface area (Å²) >= 11 is 9.14. The first-order valence-electron chi connectivity index (χ1n) is 7.69. The Hall–Kier alpha value is -3.24. The number of halogens is 2. The lowest BCUT2D eigenvalue weighted by Crippen LogP contribution is -2.30. The number of benzene rings is 2. The van der Waals surface area contributed by atoms with Crippen molar-refractivity contribution in [1.82, 2.24) is 15.4 Å². The van der Waals surface area contributed by atoms with Crippen molar-refractivity contribution in [2.24, 2.45) is 0 Å². The molecule has 11 heteroatoms. The largest absolute Gasteiger partial charge is 0.434 e. The zero-order valence-electron chi connectivity index (χ0n) is 13.9. The fourth-order valence-electron chi connectivity index (χ4n) is 2.13. The molecule has 0 aliphatic heterocycles. The monoisotopic (exact) mass is 463 g/mol. The number of carbonyl (C=O) groups excluding carboxylic acids is 1. The molecule has 0 bridgehead atoms. The van der Waals surface area contributed by atoms with Gasteiger partial charge >= 0.3 is 11.6 Å². The van der Waals surface area contributed by atoms with E-state index in [2.05, 4.69) is 36.7 Å². The van der Waals surface area contributed by atoms with Gasteiger partial charge in [-0.2, -0.15) is 4.98 Å². The highest BCUT2D eigenvalue weighted by atomic mass is 79.9. The topological polar surface area (TPSA) is 119 Å². The number of nitrogens with one attached hydrogen (secondary N) is 2. The highest BCUT2D eigenvalue weighted by molar-refractivity contribution is 9.10. The number of nitrogens with zero attached hydrogens (tertiary/aromatic N) is 3. The Labute approximate surface area is 172 Å². The minimum Gasteiger partial charge on any atom is -0.434 e. The summed E-state index contributed by atoms with van der Waals surface area (Å²) in [5, 5.41) is 11.9. The first-order valence-corrected chi connectivity index (χ1v) is 8.86. The fourth-order valence-corrected chi connectivity index (χ4v) is 2.58. The number of carbonyl (C=O) groups is 1. The standard InChI is InChI=1S/C17H11BrClN5O4/c18-11-4-6-13(7-5-11)28-17-14(24(26)27)15(20-9-21-17)22-23-16(25)10-2-1-3-12(19)8-10/h1-9H,(H,23,25)(H,20,21,22). The van der Waals surface area contributed by atoms with Gasteiger partial charge in [-0.3, -0.25) is 25.8 Å². The molecule has 0 radical (unpaired) electrons. The Morgan fingerprint density at radius 2 is 1.93 bits per heavy atom. The van der Waals surface area contributed by atoms with Gasteiger partial charge in [0.2, 0.25) is 5.82 Å². The van der Waals surface area contributed by atoms with Crippen LogP contribution in [0, 0.1) is 10.1 Å². The summed E-state index contributed by atoms with van der Waals surface area (Å²) in [6.07, 6.45) is 1.08. The van der Waals surface area contributed by atoms with Crippen molar-refractivity contribution in [3.8, 4) is 11.6 Å². The summed E-state index contributed by atoms with van der Waals surface area (Å²) in [6.45, 7) is 0. The number of ether oxygens (including phenoxy) is 1. The zero-order valence-corrected chi connectivity index (χ0v) is 16.3. The average Bonchev–Trinajstić information content (AvgIpc) is 2.67. The van der Waals surface area contributed by atoms with E-state index in [0.717, 1.165) is 10.8 Å². The van der Waals surface area contributed by atoms with Crippen molar-refractivity contribution in [3.05, 3.63) is 80.0 Å². The molecule has 1 amide bonds. The van der Waals surface area contributed by atoms with Crippen molar-refractivity contribution in [1.29, 1.82) is 0 Å². The van der Waals surface area contributed by atoms with E-state index in [0.29, 0.717) is 10.8 Å². The molecular formula is C17H11BrClN5O4. The number of aromatic nitrogens is 2. The number of hydrogen-bond donors (Lipinski definition) is 2. The van der Waals surface area contributed by atoms with Gasteiger partial charge < -0.3 is 4.74 Å². The number of hydrogen-bond acceptors (Lipinski definition) is 7. The van der Waals surface area contributed by atoms with Gasteiger partial charge in [-0.05, 0) is 42.5 Å². The van der Waals surface area contributed by atoms with Gasteiger partial charge in [0.15, 0.2) is 0 Å². The molecule has 9 nitrogen and oxygen atoms in total. The summed E-state index contributed by atoms with van der Waals surface area (Å²) in [5.41, 5.74) is 4.49. The smallest absolute Gasteiger partial charge is 0.374 e. The minimum absolute atomic E-state index is 0.234. The fraction of sp³-hybridized carbons (Fsp3) is 0. The van der Waals surface area contributed by atoms with E-state index in [4.69, 9.17) is 16.3 Å². The Morgan fingerprint density at radius 1 is 1.18 bits per heavy atom. The summed E-state index contributed by atoms with van der Waals surface area (Å²) < 4.78 is 6.31. The van der Waals surface area contributed by atoms with Crippen LogP contribution in [0.3, 0.4) is 0 Å². The van der Waals surface area contributed by atoms with Gasteiger partial charge in [0.25, 0.3) is 5.91 Å². The maximum atomic E-state index is 12.2. The first kappa shape index (κ1) is 19.5. The maximum Gasteiger partial charge on any atom is 0.374 e. The van der Waals surface area contributed by atoms with Gasteiger partial charge in [0.1, 0.15) is 12.1 Å². The average molecular weight is 465 g/mol. The van der Waals surface area contributed by atoms with Crippen LogP contribution in [0.4, 0.5) is 11.5 Å². The molecular weight excluding hydrogens is 454 g/mol. The van der Waals surface area contributed by atoms with E-state index in [9.17, 15) is 14.9 Å². The quantitative estimate of drug-likeness (QED) is 0.411. The number of nitro groups is 1. The molecule has 0 saturated carbocycles. The van der Waals surface area contributed by atoms with Crippen molar-refractivity contribution < 1.29 is 14.5 Å². The predicted octanol–water partition coefficient (Wildman–Crippen LogP) is 4.35. The summed E-state index contributed by atoms with van der Waals surface area (Å²) in [4.78, 5) is 30.6. The van der Waals surface area contributed by atoms with Crippen LogP contribution < -0.4 is 15.6 Å². The van der Waals surface area contributed by atoms with Gasteiger partial charge in [0.05, 0.1) is 4.92 Å². The second-order valence-corrected chi connectivity index (χ2v) is 6.63. The lowest BCUT2D eigenvalue weighted by atomic mass is 10.2. The molecule has 1 heterocycles. The van der Waals surface area contributed by atoms with E-state index in [1.807, 2.05) is 0 Å². The Kier molecular flexibility index (Phi) is 6.02. The van der Waals surface area contributed by atoms with E-state index in [-0.39, 0.29) is 17.3 Å². The van der Waals surface area contributed by atoms with E-state index < -0.39 is 16.5 Å². The van der Waals surface area contributed by atoms with Crippen LogP contribution in [-0.2, 0) is 0 Å². The third-order valence-electron chi connectivity index (χ3n) is 3.38. The number of anilines is 1. The van der Waals surface area contributed by atoms with Gasteiger partial charge in [-0.1, -0.05) is 33.6 Å². The molecule has 3 aromatic rings. The van der Waals surface area contributed by atoms with Crippen molar-refractivity contribution in [3.63, 3.8) is 0 Å². The van der Waals surface area contributed by atoms with Crippen LogP contribution in [0.1, 0.15) is 10.4 Å². The molecule has 2 N–H and O–H groups in total. The van der Waals surface area contributed by atoms with E-state index in [1.54, 1.807) is 42.5 Å². The lowest BCUT2D eigenvalue weighted by Gasteiger charge is -2.10. The molecule has 0 spiro atoms. The Balaban J connectivity index is 1.81. The van der Waals surface area contributed by atoms with Crippen LogP contribution in [0.5, 0.6) is 11.6 Å². The third-order valence-corrected chi connectivity index (χ3v) is 4.14. The van der Waals surface area contributed by atoms with Crippen LogP contribution in [-0.4, -0.2) is 20.8 Å². The van der Waals surface area contributed by atoms with Crippen molar-refractivity contribution >= 4 is 44.9 Å². The number of hydrazine groups is 1. The third kappa shape index (κ3) is 4.72. The molecule has 0 fully saturated rings. The van der Waals surface area contributed by atoms with E-state index >= 15 is 0 Å². The maximum absolute atomic E-state index is 12.2. The SMILES string of the molecule is O=C(NNc1ncnc(Oc2ccc(Br)cc2)c1[N+](=O)[O-])c1cccc(Cl)c1.